The molecule has 0 saturated heterocycles. The molecular formula is C36H60O4. The summed E-state index contributed by atoms with van der Waals surface area (Å²) in [6.07, 6.45) is 35.4. The largest absolute Gasteiger partial charge is 0.481 e. The second-order valence-electron chi connectivity index (χ2n) is 12.6. The van der Waals surface area contributed by atoms with Gasteiger partial charge in [-0.25, -0.2) is 0 Å². The number of unbranched alkanes of at least 4 members (excludes halogenated alkanes) is 10. The van der Waals surface area contributed by atoms with Crippen molar-refractivity contribution in [1.82, 2.24) is 0 Å². The molecule has 0 spiro atoms. The summed E-state index contributed by atoms with van der Waals surface area (Å²) in [5.74, 6) is 0.744. The first-order valence-electron chi connectivity index (χ1n) is 16.9. The molecule has 228 valence electrons. The predicted octanol–water partition coefficient (Wildman–Crippen LogP) is 10.5. The fourth-order valence-corrected chi connectivity index (χ4v) is 7.09. The maximum Gasteiger partial charge on any atom is 0.310 e. The minimum Gasteiger partial charge on any atom is -0.481 e. The van der Waals surface area contributed by atoms with Gasteiger partial charge in [0.2, 0.25) is 0 Å². The Balaban J connectivity index is 2.13. The molecule has 0 aromatic heterocycles. The standard InChI is InChI=1S/C36H60O4/c1-3-5-7-9-12-16-22-32-29(19-14-8-6-4-2)25-26-30(20-15-11-10-13-17-24-35(37)38)33(32)28-27-31-21-18-23-34(31)36(39)40/h12,16,25-27,29-30,32-34H,3-11,13-15,17-24,28H2,1-2H3,(H,37,38)(H,39,40). The van der Waals surface area contributed by atoms with Crippen LogP contribution < -0.4 is 0 Å². The molecule has 4 heteroatoms. The van der Waals surface area contributed by atoms with Crippen molar-refractivity contribution in [3.63, 3.8) is 0 Å². The first-order valence-corrected chi connectivity index (χ1v) is 16.9. The minimum atomic E-state index is -0.689. The monoisotopic (exact) mass is 556 g/mol. The van der Waals surface area contributed by atoms with Gasteiger partial charge in [-0.2, -0.15) is 0 Å². The molecule has 0 amide bonds. The molecule has 2 rings (SSSR count). The van der Waals surface area contributed by atoms with Crippen LogP contribution in [-0.4, -0.2) is 22.2 Å². The third-order valence-electron chi connectivity index (χ3n) is 9.48. The molecule has 5 atom stereocenters. The second-order valence-corrected chi connectivity index (χ2v) is 12.6. The predicted molar refractivity (Wildman–Crippen MR) is 167 cm³/mol. The molecule has 0 aromatic rings. The molecular weight excluding hydrogens is 496 g/mol. The lowest BCUT2D eigenvalue weighted by Crippen LogP contribution is -2.31. The van der Waals surface area contributed by atoms with E-state index in [4.69, 9.17) is 5.11 Å². The quantitative estimate of drug-likeness (QED) is 0.103. The van der Waals surface area contributed by atoms with E-state index in [9.17, 15) is 14.7 Å². The first kappa shape index (κ1) is 34.4. The summed E-state index contributed by atoms with van der Waals surface area (Å²) in [7, 11) is 0. The van der Waals surface area contributed by atoms with Gasteiger partial charge in [0.1, 0.15) is 0 Å². The van der Waals surface area contributed by atoms with Gasteiger partial charge in [0.15, 0.2) is 0 Å². The van der Waals surface area contributed by atoms with Crippen LogP contribution in [-0.2, 0) is 9.59 Å². The Kier molecular flexibility index (Phi) is 18.0. The Morgan fingerprint density at radius 2 is 1.38 bits per heavy atom. The van der Waals surface area contributed by atoms with Crippen LogP contribution in [0.15, 0.2) is 36.0 Å². The van der Waals surface area contributed by atoms with E-state index in [2.05, 4.69) is 44.2 Å². The number of aliphatic carboxylic acids is 2. The lowest BCUT2D eigenvalue weighted by molar-refractivity contribution is -0.140. The third-order valence-corrected chi connectivity index (χ3v) is 9.48. The van der Waals surface area contributed by atoms with Crippen LogP contribution in [0.4, 0.5) is 0 Å². The maximum atomic E-state index is 11.9. The highest BCUT2D eigenvalue weighted by molar-refractivity contribution is 5.74. The van der Waals surface area contributed by atoms with Crippen molar-refractivity contribution in [3.8, 4) is 0 Å². The summed E-state index contributed by atoms with van der Waals surface area (Å²) >= 11 is 0. The van der Waals surface area contributed by atoms with Crippen LogP contribution in [0.5, 0.6) is 0 Å². The Morgan fingerprint density at radius 1 is 0.775 bits per heavy atom. The van der Waals surface area contributed by atoms with Gasteiger partial charge < -0.3 is 10.2 Å². The van der Waals surface area contributed by atoms with Gasteiger partial charge in [-0.15, -0.1) is 0 Å². The van der Waals surface area contributed by atoms with Crippen molar-refractivity contribution in [1.29, 1.82) is 0 Å². The number of carboxylic acid groups (broad SMARTS) is 2. The van der Waals surface area contributed by atoms with Crippen molar-refractivity contribution in [2.24, 2.45) is 29.6 Å². The van der Waals surface area contributed by atoms with E-state index in [1.165, 1.54) is 82.6 Å². The second kappa shape index (κ2) is 20.9. The van der Waals surface area contributed by atoms with Gasteiger partial charge >= 0.3 is 11.9 Å². The van der Waals surface area contributed by atoms with E-state index < -0.39 is 11.9 Å². The highest BCUT2D eigenvalue weighted by atomic mass is 16.4. The van der Waals surface area contributed by atoms with Gasteiger partial charge in [0, 0.05) is 6.42 Å². The zero-order chi connectivity index (χ0) is 29.0. The van der Waals surface area contributed by atoms with E-state index in [0.29, 0.717) is 23.7 Å². The lowest BCUT2D eigenvalue weighted by Gasteiger charge is -2.40. The number of hydrogen-bond acceptors (Lipinski definition) is 2. The zero-order valence-corrected chi connectivity index (χ0v) is 25.8. The fraction of sp³-hybridized carbons (Fsp3) is 0.778. The number of carbonyl (C=O) groups is 2. The summed E-state index contributed by atoms with van der Waals surface area (Å²) in [4.78, 5) is 22.6. The Morgan fingerprint density at radius 3 is 2.02 bits per heavy atom. The van der Waals surface area contributed by atoms with E-state index in [-0.39, 0.29) is 12.3 Å². The Hall–Kier alpha value is -1.84. The van der Waals surface area contributed by atoms with Crippen LogP contribution in [0, 0.1) is 29.6 Å². The van der Waals surface area contributed by atoms with Crippen molar-refractivity contribution in [2.45, 2.75) is 149 Å². The SMILES string of the molecule is CCCCCC=CCC1C(CCCCCC)C=CC(CCCCCCCC(=O)O)C1CC=C1CCCC1C(=O)O. The van der Waals surface area contributed by atoms with Crippen LogP contribution in [0.2, 0.25) is 0 Å². The molecule has 2 N–H and O–H groups in total. The van der Waals surface area contributed by atoms with Crippen LogP contribution >= 0.6 is 0 Å². The highest BCUT2D eigenvalue weighted by Crippen LogP contribution is 2.44. The number of rotatable bonds is 22. The number of allylic oxidation sites excluding steroid dienone is 5. The molecule has 1 fully saturated rings. The maximum absolute atomic E-state index is 11.9. The minimum absolute atomic E-state index is 0.273. The van der Waals surface area contributed by atoms with Crippen molar-refractivity contribution in [3.05, 3.63) is 36.0 Å². The number of carboxylic acids is 2. The summed E-state index contributed by atoms with van der Waals surface area (Å²) in [6, 6.07) is 0. The van der Waals surface area contributed by atoms with E-state index in [1.54, 1.807) is 0 Å². The zero-order valence-electron chi connectivity index (χ0n) is 25.8. The molecule has 40 heavy (non-hydrogen) atoms. The van der Waals surface area contributed by atoms with E-state index in [0.717, 1.165) is 51.4 Å². The van der Waals surface area contributed by atoms with E-state index in [1.807, 2.05) is 0 Å². The van der Waals surface area contributed by atoms with Crippen LogP contribution in [0.1, 0.15) is 149 Å². The molecule has 2 aliphatic carbocycles. The van der Waals surface area contributed by atoms with Crippen LogP contribution in [0.3, 0.4) is 0 Å². The third kappa shape index (κ3) is 13.2. The summed E-state index contributed by atoms with van der Waals surface area (Å²) in [5.41, 5.74) is 1.17. The van der Waals surface area contributed by atoms with E-state index >= 15 is 0 Å². The Bertz CT molecular complexity index is 795. The highest BCUT2D eigenvalue weighted by Gasteiger charge is 2.35. The molecule has 0 aliphatic heterocycles. The molecule has 1 saturated carbocycles. The average Bonchev–Trinajstić information content (AvgIpc) is 3.41. The first-order chi connectivity index (χ1) is 19.5. The van der Waals surface area contributed by atoms with Gasteiger partial charge in [-0.1, -0.05) is 114 Å². The topological polar surface area (TPSA) is 74.6 Å². The van der Waals surface area contributed by atoms with Crippen molar-refractivity contribution in [2.75, 3.05) is 0 Å². The molecule has 0 radical (unpaired) electrons. The van der Waals surface area contributed by atoms with Gasteiger partial charge in [-0.05, 0) is 87.9 Å². The molecule has 5 unspecified atom stereocenters. The molecule has 0 bridgehead atoms. The summed E-state index contributed by atoms with van der Waals surface area (Å²) < 4.78 is 0. The van der Waals surface area contributed by atoms with Crippen LogP contribution in [0.25, 0.3) is 0 Å². The van der Waals surface area contributed by atoms with Crippen molar-refractivity contribution >= 4 is 11.9 Å². The molecule has 2 aliphatic rings. The summed E-state index contributed by atoms with van der Waals surface area (Å²) in [5, 5.41) is 18.6. The molecule has 0 heterocycles. The Labute approximate surface area is 245 Å². The van der Waals surface area contributed by atoms with Gasteiger partial charge in [0.25, 0.3) is 0 Å². The molecule has 0 aromatic carbocycles. The van der Waals surface area contributed by atoms with Crippen molar-refractivity contribution < 1.29 is 19.8 Å². The lowest BCUT2D eigenvalue weighted by atomic mass is 9.65. The number of hydrogen-bond donors (Lipinski definition) is 2. The van der Waals surface area contributed by atoms with Gasteiger partial charge in [0.05, 0.1) is 5.92 Å². The van der Waals surface area contributed by atoms with Gasteiger partial charge in [-0.3, -0.25) is 9.59 Å². The average molecular weight is 557 g/mol. The normalized spacial score (nSPS) is 25.8. The molecule has 4 nitrogen and oxygen atoms in total. The fourth-order valence-electron chi connectivity index (χ4n) is 7.09. The smallest absolute Gasteiger partial charge is 0.310 e. The summed E-state index contributed by atoms with van der Waals surface area (Å²) in [6.45, 7) is 4.54.